The van der Waals surface area contributed by atoms with E-state index in [0.717, 1.165) is 11.3 Å². The summed E-state index contributed by atoms with van der Waals surface area (Å²) in [6.07, 6.45) is 0.542. The number of aliphatic hydroxyl groups is 1. The highest BCUT2D eigenvalue weighted by molar-refractivity contribution is 5.59. The van der Waals surface area contributed by atoms with Crippen LogP contribution in [0.2, 0.25) is 0 Å². The second kappa shape index (κ2) is 8.37. The number of non-ortho nitro benzene ring substituents is 1. The summed E-state index contributed by atoms with van der Waals surface area (Å²) in [5, 5.41) is 23.6. The zero-order valence-corrected chi connectivity index (χ0v) is 14.9. The molecule has 0 spiro atoms. The lowest BCUT2D eigenvalue weighted by molar-refractivity contribution is -0.384. The predicted molar refractivity (Wildman–Crippen MR) is 103 cm³/mol. The lowest BCUT2D eigenvalue weighted by atomic mass is 10.0. The summed E-state index contributed by atoms with van der Waals surface area (Å²) in [6, 6.07) is 17.7. The number of aromatic nitrogens is 2. The van der Waals surface area contributed by atoms with Crippen LogP contribution in [-0.4, -0.2) is 26.6 Å². The highest BCUT2D eigenvalue weighted by atomic mass is 16.6. The first-order chi connectivity index (χ1) is 13.1. The quantitative estimate of drug-likeness (QED) is 0.487. The van der Waals surface area contributed by atoms with Crippen LogP contribution in [0.4, 0.5) is 11.5 Å². The maximum atomic E-state index is 10.8. The molecule has 3 aromatic rings. The van der Waals surface area contributed by atoms with Crippen molar-refractivity contribution in [3.63, 3.8) is 0 Å². The first-order valence-corrected chi connectivity index (χ1v) is 8.59. The van der Waals surface area contributed by atoms with E-state index in [2.05, 4.69) is 15.3 Å². The number of nitro groups is 1. The number of nitrogens with one attached hydrogen (secondary N) is 1. The molecule has 0 saturated carbocycles. The molecular formula is C20H20N4O3. The molecule has 0 aliphatic carbocycles. The van der Waals surface area contributed by atoms with Crippen molar-refractivity contribution in [1.82, 2.24) is 9.97 Å². The van der Waals surface area contributed by atoms with Gasteiger partial charge >= 0.3 is 0 Å². The molecule has 1 heterocycles. The smallest absolute Gasteiger partial charge is 0.269 e. The lowest BCUT2D eigenvalue weighted by Crippen LogP contribution is -2.14. The van der Waals surface area contributed by atoms with Gasteiger partial charge in [-0.3, -0.25) is 10.1 Å². The number of aliphatic hydroxyl groups excluding tert-OH is 1. The van der Waals surface area contributed by atoms with E-state index < -0.39 is 4.92 Å². The van der Waals surface area contributed by atoms with E-state index in [4.69, 9.17) is 0 Å². The number of hydrogen-bond acceptors (Lipinski definition) is 6. The Morgan fingerprint density at radius 1 is 1.11 bits per heavy atom. The summed E-state index contributed by atoms with van der Waals surface area (Å²) < 4.78 is 0. The van der Waals surface area contributed by atoms with Crippen LogP contribution in [-0.2, 0) is 0 Å². The maximum absolute atomic E-state index is 10.8. The van der Waals surface area contributed by atoms with Gasteiger partial charge in [-0.15, -0.1) is 0 Å². The van der Waals surface area contributed by atoms with Gasteiger partial charge in [-0.05, 0) is 31.0 Å². The van der Waals surface area contributed by atoms with Crippen LogP contribution in [0.25, 0.3) is 11.4 Å². The van der Waals surface area contributed by atoms with E-state index in [0.29, 0.717) is 23.6 Å². The van der Waals surface area contributed by atoms with Gasteiger partial charge in [0.25, 0.3) is 5.69 Å². The summed E-state index contributed by atoms with van der Waals surface area (Å²) in [6.45, 7) is 1.91. The van der Waals surface area contributed by atoms with Gasteiger partial charge in [0.1, 0.15) is 5.82 Å². The van der Waals surface area contributed by atoms with Gasteiger partial charge in [0.2, 0.25) is 0 Å². The number of anilines is 1. The Bertz CT molecular complexity index is 914. The van der Waals surface area contributed by atoms with Crippen molar-refractivity contribution in [2.24, 2.45) is 0 Å². The normalized spacial score (nSPS) is 11.8. The molecule has 0 fully saturated rings. The summed E-state index contributed by atoms with van der Waals surface area (Å²) in [4.78, 5) is 19.4. The molecule has 138 valence electrons. The van der Waals surface area contributed by atoms with E-state index in [1.807, 2.05) is 43.3 Å². The predicted octanol–water partition coefficient (Wildman–Crippen LogP) is 3.90. The van der Waals surface area contributed by atoms with Crippen molar-refractivity contribution in [3.05, 3.63) is 82.0 Å². The van der Waals surface area contributed by atoms with Gasteiger partial charge in [0.05, 0.1) is 11.0 Å². The van der Waals surface area contributed by atoms with Crippen LogP contribution in [0.5, 0.6) is 0 Å². The van der Waals surface area contributed by atoms with Gasteiger partial charge < -0.3 is 10.4 Å². The highest BCUT2D eigenvalue weighted by Gasteiger charge is 2.13. The zero-order chi connectivity index (χ0) is 19.2. The fourth-order valence-corrected chi connectivity index (χ4v) is 2.82. The number of hydrogen-bond donors (Lipinski definition) is 2. The molecule has 7 heteroatoms. The monoisotopic (exact) mass is 364 g/mol. The zero-order valence-electron chi connectivity index (χ0n) is 14.9. The Morgan fingerprint density at radius 2 is 1.81 bits per heavy atom. The average molecular weight is 364 g/mol. The van der Waals surface area contributed by atoms with E-state index >= 15 is 0 Å². The van der Waals surface area contributed by atoms with Gasteiger partial charge in [-0.25, -0.2) is 9.97 Å². The maximum Gasteiger partial charge on any atom is 0.269 e. The number of nitrogens with zero attached hydrogens (tertiary/aromatic N) is 3. The third-order valence-corrected chi connectivity index (χ3v) is 4.13. The summed E-state index contributed by atoms with van der Waals surface area (Å²) in [5.41, 5.74) is 2.55. The molecule has 0 unspecified atom stereocenters. The first kappa shape index (κ1) is 18.5. The fourth-order valence-electron chi connectivity index (χ4n) is 2.82. The van der Waals surface area contributed by atoms with Crippen LogP contribution >= 0.6 is 0 Å². The van der Waals surface area contributed by atoms with Gasteiger partial charge in [-0.2, -0.15) is 0 Å². The fraction of sp³-hybridized carbons (Fsp3) is 0.200. The average Bonchev–Trinajstić information content (AvgIpc) is 2.68. The first-order valence-electron chi connectivity index (χ1n) is 8.59. The second-order valence-corrected chi connectivity index (χ2v) is 6.14. The minimum absolute atomic E-state index is 0.0249. The molecule has 0 amide bonds. The van der Waals surface area contributed by atoms with Crippen molar-refractivity contribution in [2.75, 3.05) is 11.9 Å². The van der Waals surface area contributed by atoms with Gasteiger partial charge in [0, 0.05) is 36.1 Å². The van der Waals surface area contributed by atoms with E-state index in [1.165, 1.54) is 12.1 Å². The number of aryl methyl sites for hydroxylation is 1. The van der Waals surface area contributed by atoms with Crippen molar-refractivity contribution in [2.45, 2.75) is 19.4 Å². The van der Waals surface area contributed by atoms with Crippen molar-refractivity contribution in [1.29, 1.82) is 0 Å². The number of rotatable bonds is 7. The van der Waals surface area contributed by atoms with Crippen molar-refractivity contribution < 1.29 is 10.0 Å². The number of nitro benzene ring substituents is 1. The minimum atomic E-state index is -0.437. The molecule has 3 rings (SSSR count). The molecule has 0 saturated heterocycles. The second-order valence-electron chi connectivity index (χ2n) is 6.14. The Morgan fingerprint density at radius 3 is 2.44 bits per heavy atom. The Kier molecular flexibility index (Phi) is 5.73. The lowest BCUT2D eigenvalue weighted by Gasteiger charge is -2.19. The van der Waals surface area contributed by atoms with Crippen molar-refractivity contribution >= 4 is 11.5 Å². The Balaban J connectivity index is 1.89. The van der Waals surface area contributed by atoms with Crippen LogP contribution < -0.4 is 5.32 Å². The van der Waals surface area contributed by atoms with Gasteiger partial charge in [0.15, 0.2) is 5.82 Å². The van der Waals surface area contributed by atoms with Crippen LogP contribution in [0.3, 0.4) is 0 Å². The van der Waals surface area contributed by atoms with Crippen LogP contribution in [0, 0.1) is 17.0 Å². The third-order valence-electron chi connectivity index (χ3n) is 4.13. The Hall–Kier alpha value is -3.32. The molecular weight excluding hydrogens is 344 g/mol. The van der Waals surface area contributed by atoms with Crippen LogP contribution in [0.1, 0.15) is 23.7 Å². The summed E-state index contributed by atoms with van der Waals surface area (Å²) in [7, 11) is 0. The molecule has 0 radical (unpaired) electrons. The molecule has 2 aromatic carbocycles. The molecule has 0 aliphatic heterocycles. The Labute approximate surface area is 156 Å². The molecule has 7 nitrogen and oxygen atoms in total. The standard InChI is InChI=1S/C20H20N4O3/c1-14-13-19(22-18(11-12-25)15-5-3-2-4-6-15)23-20(21-14)16-7-9-17(10-8-16)24(26)27/h2-10,13,18,25H,11-12H2,1H3,(H,21,22,23)/t18-/m0/s1. The van der Waals surface area contributed by atoms with Crippen LogP contribution in [0.15, 0.2) is 60.7 Å². The topological polar surface area (TPSA) is 101 Å². The van der Waals surface area contributed by atoms with Gasteiger partial charge in [-0.1, -0.05) is 30.3 Å². The molecule has 0 aliphatic rings. The molecule has 27 heavy (non-hydrogen) atoms. The minimum Gasteiger partial charge on any atom is -0.396 e. The van der Waals surface area contributed by atoms with Crippen molar-refractivity contribution in [3.8, 4) is 11.4 Å². The highest BCUT2D eigenvalue weighted by Crippen LogP contribution is 2.25. The number of benzene rings is 2. The largest absolute Gasteiger partial charge is 0.396 e. The summed E-state index contributed by atoms with van der Waals surface area (Å²) in [5.74, 6) is 1.13. The summed E-state index contributed by atoms with van der Waals surface area (Å²) >= 11 is 0. The molecule has 1 atom stereocenters. The van der Waals surface area contributed by atoms with E-state index in [1.54, 1.807) is 12.1 Å². The molecule has 2 N–H and O–H groups in total. The van der Waals surface area contributed by atoms with E-state index in [9.17, 15) is 15.2 Å². The third kappa shape index (κ3) is 4.65. The molecule has 1 aromatic heterocycles. The molecule has 0 bridgehead atoms. The van der Waals surface area contributed by atoms with E-state index in [-0.39, 0.29) is 18.3 Å². The SMILES string of the molecule is Cc1cc(N[C@@H](CCO)c2ccccc2)nc(-c2ccc([N+](=O)[O-])cc2)n1.